The number of aromatic nitrogens is 2. The standard InChI is InChI=1S/C12H14N4O3/c1-18-9-4-3-7(5-10(9)19-2)8-6-11(17)15-12(14-8)16-13/h3-6H,13H2,1-2H3,(H2,14,15,16,17). The van der Waals surface area contributed by atoms with Crippen molar-refractivity contribution >= 4 is 5.95 Å². The monoisotopic (exact) mass is 262 g/mol. The quantitative estimate of drug-likeness (QED) is 0.555. The average Bonchev–Trinajstić information content (AvgIpc) is 2.45. The van der Waals surface area contributed by atoms with Crippen molar-refractivity contribution in [3.63, 3.8) is 0 Å². The van der Waals surface area contributed by atoms with Crippen LogP contribution in [0.4, 0.5) is 5.95 Å². The van der Waals surface area contributed by atoms with Gasteiger partial charge in [0, 0.05) is 11.6 Å². The van der Waals surface area contributed by atoms with E-state index in [9.17, 15) is 4.79 Å². The van der Waals surface area contributed by atoms with Crippen molar-refractivity contribution in [2.24, 2.45) is 5.84 Å². The molecule has 0 unspecified atom stereocenters. The number of hydrogen-bond acceptors (Lipinski definition) is 6. The smallest absolute Gasteiger partial charge is 0.252 e. The molecule has 0 aliphatic heterocycles. The molecule has 1 heterocycles. The molecular weight excluding hydrogens is 248 g/mol. The minimum Gasteiger partial charge on any atom is -0.493 e. The van der Waals surface area contributed by atoms with Gasteiger partial charge in [0.2, 0.25) is 5.95 Å². The van der Waals surface area contributed by atoms with Gasteiger partial charge >= 0.3 is 0 Å². The van der Waals surface area contributed by atoms with Gasteiger partial charge in [-0.05, 0) is 18.2 Å². The lowest BCUT2D eigenvalue weighted by molar-refractivity contribution is 0.355. The Morgan fingerprint density at radius 1 is 1.21 bits per heavy atom. The molecule has 2 rings (SSSR count). The number of nitrogens with zero attached hydrogens (tertiary/aromatic N) is 1. The molecule has 19 heavy (non-hydrogen) atoms. The van der Waals surface area contributed by atoms with E-state index in [0.29, 0.717) is 17.2 Å². The zero-order chi connectivity index (χ0) is 13.8. The first kappa shape index (κ1) is 12.9. The summed E-state index contributed by atoms with van der Waals surface area (Å²) < 4.78 is 10.4. The second kappa shape index (κ2) is 5.40. The van der Waals surface area contributed by atoms with Crippen molar-refractivity contribution in [3.8, 4) is 22.8 Å². The number of hydrogen-bond donors (Lipinski definition) is 3. The minimum absolute atomic E-state index is 0.192. The van der Waals surface area contributed by atoms with Gasteiger partial charge in [0.05, 0.1) is 19.9 Å². The third-order valence-corrected chi connectivity index (χ3v) is 2.56. The van der Waals surface area contributed by atoms with Gasteiger partial charge in [0.25, 0.3) is 5.56 Å². The van der Waals surface area contributed by atoms with E-state index in [1.165, 1.54) is 6.07 Å². The normalized spacial score (nSPS) is 10.1. The molecule has 7 nitrogen and oxygen atoms in total. The number of nitrogens with two attached hydrogens (primary N) is 1. The first-order chi connectivity index (χ1) is 9.17. The number of benzene rings is 1. The summed E-state index contributed by atoms with van der Waals surface area (Å²) in [6.45, 7) is 0. The summed E-state index contributed by atoms with van der Waals surface area (Å²) in [5.41, 5.74) is 3.21. The Labute approximate surface area is 109 Å². The van der Waals surface area contributed by atoms with E-state index >= 15 is 0 Å². The van der Waals surface area contributed by atoms with Gasteiger partial charge in [0.15, 0.2) is 11.5 Å². The lowest BCUT2D eigenvalue weighted by Gasteiger charge is -2.09. The Morgan fingerprint density at radius 2 is 1.95 bits per heavy atom. The van der Waals surface area contributed by atoms with Crippen LogP contribution in [0.2, 0.25) is 0 Å². The van der Waals surface area contributed by atoms with Crippen LogP contribution in [0.25, 0.3) is 11.3 Å². The summed E-state index contributed by atoms with van der Waals surface area (Å²) in [6, 6.07) is 6.64. The van der Waals surface area contributed by atoms with Crippen molar-refractivity contribution in [1.82, 2.24) is 9.97 Å². The predicted octanol–water partition coefficient (Wildman–Crippen LogP) is 0.740. The first-order valence-electron chi connectivity index (χ1n) is 5.48. The third kappa shape index (κ3) is 2.66. The predicted molar refractivity (Wildman–Crippen MR) is 71.2 cm³/mol. The highest BCUT2D eigenvalue weighted by Crippen LogP contribution is 2.31. The fraction of sp³-hybridized carbons (Fsp3) is 0.167. The number of hydrazine groups is 1. The van der Waals surface area contributed by atoms with Crippen LogP contribution in [0.15, 0.2) is 29.1 Å². The van der Waals surface area contributed by atoms with Crippen LogP contribution in [0.5, 0.6) is 11.5 Å². The molecule has 0 atom stereocenters. The molecular formula is C12H14N4O3. The summed E-state index contributed by atoms with van der Waals surface area (Å²) in [5, 5.41) is 0. The molecule has 1 aromatic heterocycles. The van der Waals surface area contributed by atoms with Gasteiger partial charge in [-0.2, -0.15) is 0 Å². The zero-order valence-corrected chi connectivity index (χ0v) is 10.6. The number of nitrogens with one attached hydrogen (secondary N) is 2. The first-order valence-corrected chi connectivity index (χ1v) is 5.48. The number of aromatic amines is 1. The topological polar surface area (TPSA) is 102 Å². The van der Waals surface area contributed by atoms with Gasteiger partial charge in [-0.25, -0.2) is 10.8 Å². The van der Waals surface area contributed by atoms with E-state index in [1.54, 1.807) is 32.4 Å². The van der Waals surface area contributed by atoms with Crippen LogP contribution >= 0.6 is 0 Å². The summed E-state index contributed by atoms with van der Waals surface area (Å²) >= 11 is 0. The van der Waals surface area contributed by atoms with Gasteiger partial charge in [-0.1, -0.05) is 0 Å². The molecule has 0 saturated carbocycles. The number of methoxy groups -OCH3 is 2. The van der Waals surface area contributed by atoms with Crippen LogP contribution in [-0.4, -0.2) is 24.2 Å². The number of ether oxygens (including phenoxy) is 2. The molecule has 0 aliphatic carbocycles. The van der Waals surface area contributed by atoms with Crippen molar-refractivity contribution in [1.29, 1.82) is 0 Å². The fourth-order valence-corrected chi connectivity index (χ4v) is 1.67. The lowest BCUT2D eigenvalue weighted by atomic mass is 10.1. The summed E-state index contributed by atoms with van der Waals surface area (Å²) in [6.07, 6.45) is 0. The number of anilines is 1. The molecule has 0 amide bonds. The second-order valence-electron chi connectivity index (χ2n) is 3.69. The maximum Gasteiger partial charge on any atom is 0.252 e. The molecule has 0 bridgehead atoms. The molecule has 0 spiro atoms. The highest BCUT2D eigenvalue weighted by Gasteiger charge is 2.08. The molecule has 0 aliphatic rings. The molecule has 0 radical (unpaired) electrons. The minimum atomic E-state index is -0.298. The SMILES string of the molecule is COc1ccc(-c2cc(=O)[nH]c(NN)n2)cc1OC. The van der Waals surface area contributed by atoms with E-state index in [2.05, 4.69) is 15.4 Å². The van der Waals surface area contributed by atoms with Gasteiger partial charge < -0.3 is 9.47 Å². The maximum atomic E-state index is 11.5. The Bertz CT molecular complexity index is 639. The molecule has 100 valence electrons. The Morgan fingerprint density at radius 3 is 2.58 bits per heavy atom. The average molecular weight is 262 g/mol. The highest BCUT2D eigenvalue weighted by molar-refractivity contribution is 5.64. The van der Waals surface area contributed by atoms with E-state index in [-0.39, 0.29) is 11.5 Å². The lowest BCUT2D eigenvalue weighted by Crippen LogP contribution is -2.16. The van der Waals surface area contributed by atoms with Crippen LogP contribution in [0.3, 0.4) is 0 Å². The number of H-pyrrole nitrogens is 1. The Kier molecular flexibility index (Phi) is 3.67. The molecule has 2 aromatic rings. The van der Waals surface area contributed by atoms with E-state index in [1.807, 2.05) is 0 Å². The van der Waals surface area contributed by atoms with Crippen LogP contribution in [-0.2, 0) is 0 Å². The third-order valence-electron chi connectivity index (χ3n) is 2.56. The molecule has 4 N–H and O–H groups in total. The largest absolute Gasteiger partial charge is 0.493 e. The van der Waals surface area contributed by atoms with Gasteiger partial charge in [-0.15, -0.1) is 0 Å². The molecule has 0 fully saturated rings. The van der Waals surface area contributed by atoms with E-state index in [4.69, 9.17) is 15.3 Å². The van der Waals surface area contributed by atoms with Crippen LogP contribution < -0.4 is 26.3 Å². The van der Waals surface area contributed by atoms with Gasteiger partial charge in [-0.3, -0.25) is 15.2 Å². The van der Waals surface area contributed by atoms with Gasteiger partial charge in [0.1, 0.15) is 0 Å². The number of nitrogen functional groups attached to an aromatic ring is 1. The molecule has 0 saturated heterocycles. The van der Waals surface area contributed by atoms with Crippen LogP contribution in [0, 0.1) is 0 Å². The highest BCUT2D eigenvalue weighted by atomic mass is 16.5. The summed E-state index contributed by atoms with van der Waals surface area (Å²) in [4.78, 5) is 18.1. The summed E-state index contributed by atoms with van der Waals surface area (Å²) in [5.74, 6) is 6.60. The summed E-state index contributed by atoms with van der Waals surface area (Å²) in [7, 11) is 3.10. The Hall–Kier alpha value is -2.54. The molecule has 7 heteroatoms. The van der Waals surface area contributed by atoms with Crippen molar-refractivity contribution in [2.45, 2.75) is 0 Å². The maximum absolute atomic E-state index is 11.5. The second-order valence-corrected chi connectivity index (χ2v) is 3.69. The van der Waals surface area contributed by atoms with E-state index in [0.717, 1.165) is 5.56 Å². The van der Waals surface area contributed by atoms with Crippen LogP contribution in [0.1, 0.15) is 0 Å². The Balaban J connectivity index is 2.52. The van der Waals surface area contributed by atoms with Crippen molar-refractivity contribution < 1.29 is 9.47 Å². The molecule has 1 aromatic carbocycles. The number of rotatable bonds is 4. The fourth-order valence-electron chi connectivity index (χ4n) is 1.67. The van der Waals surface area contributed by atoms with Crippen molar-refractivity contribution in [3.05, 3.63) is 34.6 Å². The van der Waals surface area contributed by atoms with Crippen molar-refractivity contribution in [2.75, 3.05) is 19.6 Å². The van der Waals surface area contributed by atoms with E-state index < -0.39 is 0 Å². The zero-order valence-electron chi connectivity index (χ0n) is 10.6.